The first-order valence-corrected chi connectivity index (χ1v) is 8.32. The summed E-state index contributed by atoms with van der Waals surface area (Å²) in [5.41, 5.74) is 14.9. The Kier molecular flexibility index (Phi) is 5.47. The summed E-state index contributed by atoms with van der Waals surface area (Å²) in [6.07, 6.45) is 3.18. The standard InChI is InChI=1S/C12H11N5.C6H12O2/c13-9-6-12(14)16-11-5-7(1-2-8(9)11)10-3-4-15-17-10;1-2-8-6-3-4-7-5-6/h1-6H,(H,15,17)(H4,13,14,16);6H,2-5H2,1H3. The maximum atomic E-state index is 5.89. The van der Waals surface area contributed by atoms with Gasteiger partial charge in [-0.15, -0.1) is 0 Å². The fraction of sp³-hybridized carbons (Fsp3) is 0.333. The summed E-state index contributed by atoms with van der Waals surface area (Å²) in [6.45, 7) is 4.50. The lowest BCUT2D eigenvalue weighted by Gasteiger charge is -2.05. The molecule has 2 aromatic heterocycles. The highest BCUT2D eigenvalue weighted by molar-refractivity contribution is 5.93. The second-order valence-electron chi connectivity index (χ2n) is 5.78. The Balaban J connectivity index is 0.000000192. The van der Waals surface area contributed by atoms with Gasteiger partial charge in [-0.1, -0.05) is 12.1 Å². The molecule has 132 valence electrons. The first-order chi connectivity index (χ1) is 12.2. The predicted molar refractivity (Wildman–Crippen MR) is 99.0 cm³/mol. The van der Waals surface area contributed by atoms with Crippen molar-refractivity contribution in [2.45, 2.75) is 19.4 Å². The van der Waals surface area contributed by atoms with Crippen LogP contribution in [0.15, 0.2) is 36.5 Å². The summed E-state index contributed by atoms with van der Waals surface area (Å²) in [5, 5.41) is 7.73. The van der Waals surface area contributed by atoms with Crippen molar-refractivity contribution >= 4 is 22.4 Å². The topological polar surface area (TPSA) is 112 Å². The SMILES string of the molecule is CCOC1CCOC1.Nc1cc(N)c2ccc(-c3ccn[nH]3)cc2n1. The van der Waals surface area contributed by atoms with E-state index in [1.165, 1.54) is 0 Å². The number of pyridine rings is 1. The molecule has 3 heterocycles. The molecule has 4 rings (SSSR count). The number of ether oxygens (including phenoxy) is 2. The van der Waals surface area contributed by atoms with Gasteiger partial charge in [0.15, 0.2) is 0 Å². The monoisotopic (exact) mass is 341 g/mol. The van der Waals surface area contributed by atoms with Crippen LogP contribution in [0.4, 0.5) is 11.5 Å². The number of aromatic nitrogens is 3. The second kappa shape index (κ2) is 7.96. The Morgan fingerprint density at radius 1 is 1.28 bits per heavy atom. The molecule has 0 bridgehead atoms. The van der Waals surface area contributed by atoms with E-state index in [1.54, 1.807) is 12.3 Å². The molecule has 1 aliphatic heterocycles. The molecule has 25 heavy (non-hydrogen) atoms. The largest absolute Gasteiger partial charge is 0.398 e. The van der Waals surface area contributed by atoms with E-state index in [2.05, 4.69) is 15.2 Å². The predicted octanol–water partition coefficient (Wildman–Crippen LogP) is 2.60. The van der Waals surface area contributed by atoms with Crippen LogP contribution < -0.4 is 11.5 Å². The third-order valence-electron chi connectivity index (χ3n) is 3.96. The summed E-state index contributed by atoms with van der Waals surface area (Å²) in [6, 6.07) is 9.42. The minimum Gasteiger partial charge on any atom is -0.398 e. The fourth-order valence-electron chi connectivity index (χ4n) is 2.74. The van der Waals surface area contributed by atoms with Crippen LogP contribution in [0.25, 0.3) is 22.2 Å². The van der Waals surface area contributed by atoms with Crippen molar-refractivity contribution in [1.29, 1.82) is 0 Å². The molecule has 1 aromatic carbocycles. The maximum absolute atomic E-state index is 5.89. The van der Waals surface area contributed by atoms with Crippen LogP contribution in [0.2, 0.25) is 0 Å². The second-order valence-corrected chi connectivity index (χ2v) is 5.78. The van der Waals surface area contributed by atoms with E-state index in [-0.39, 0.29) is 0 Å². The molecule has 3 aromatic rings. The number of benzene rings is 1. The quantitative estimate of drug-likeness (QED) is 0.675. The molecule has 0 spiro atoms. The van der Waals surface area contributed by atoms with Gasteiger partial charge in [-0.25, -0.2) is 4.98 Å². The summed E-state index contributed by atoms with van der Waals surface area (Å²) in [4.78, 5) is 4.27. The summed E-state index contributed by atoms with van der Waals surface area (Å²) in [7, 11) is 0. The van der Waals surface area contributed by atoms with Crippen LogP contribution in [0.5, 0.6) is 0 Å². The highest BCUT2D eigenvalue weighted by atomic mass is 16.5. The third kappa shape index (κ3) is 4.26. The van der Waals surface area contributed by atoms with Gasteiger partial charge in [-0.2, -0.15) is 5.10 Å². The number of hydrogen-bond acceptors (Lipinski definition) is 6. The number of fused-ring (bicyclic) bond motifs is 1. The van der Waals surface area contributed by atoms with Gasteiger partial charge in [-0.3, -0.25) is 5.10 Å². The van der Waals surface area contributed by atoms with E-state index < -0.39 is 0 Å². The van der Waals surface area contributed by atoms with E-state index in [0.29, 0.717) is 17.6 Å². The lowest BCUT2D eigenvalue weighted by Crippen LogP contribution is -2.11. The van der Waals surface area contributed by atoms with Gasteiger partial charge < -0.3 is 20.9 Å². The van der Waals surface area contributed by atoms with Crippen molar-refractivity contribution < 1.29 is 9.47 Å². The number of hydrogen-bond donors (Lipinski definition) is 3. The molecule has 0 radical (unpaired) electrons. The molecule has 1 unspecified atom stereocenters. The van der Waals surface area contributed by atoms with Crippen molar-refractivity contribution in [2.75, 3.05) is 31.3 Å². The van der Waals surface area contributed by atoms with Crippen LogP contribution >= 0.6 is 0 Å². The normalized spacial score (nSPS) is 16.6. The Bertz CT molecular complexity index is 814. The molecular formula is C18H23N5O2. The number of anilines is 2. The highest BCUT2D eigenvalue weighted by Crippen LogP contribution is 2.26. The molecule has 1 atom stereocenters. The molecule has 5 N–H and O–H groups in total. The Hall–Kier alpha value is -2.64. The van der Waals surface area contributed by atoms with Crippen LogP contribution in [0.1, 0.15) is 13.3 Å². The number of nitrogens with two attached hydrogens (primary N) is 2. The van der Waals surface area contributed by atoms with Gasteiger partial charge >= 0.3 is 0 Å². The molecule has 7 nitrogen and oxygen atoms in total. The van der Waals surface area contributed by atoms with Crippen molar-refractivity contribution in [3.63, 3.8) is 0 Å². The zero-order valence-corrected chi connectivity index (χ0v) is 14.2. The van der Waals surface area contributed by atoms with Crippen molar-refractivity contribution in [3.8, 4) is 11.3 Å². The summed E-state index contributed by atoms with van der Waals surface area (Å²) in [5.74, 6) is 0.428. The van der Waals surface area contributed by atoms with E-state index in [1.807, 2.05) is 31.2 Å². The number of H-pyrrole nitrogens is 1. The van der Waals surface area contributed by atoms with Gasteiger partial charge in [0, 0.05) is 42.1 Å². The molecule has 0 saturated carbocycles. The Morgan fingerprint density at radius 3 is 2.84 bits per heavy atom. The summed E-state index contributed by atoms with van der Waals surface area (Å²) >= 11 is 0. The first-order valence-electron chi connectivity index (χ1n) is 8.32. The lowest BCUT2D eigenvalue weighted by atomic mass is 10.1. The maximum Gasteiger partial charge on any atom is 0.126 e. The minimum absolute atomic E-state index is 0.389. The van der Waals surface area contributed by atoms with Gasteiger partial charge in [0.05, 0.1) is 23.9 Å². The summed E-state index contributed by atoms with van der Waals surface area (Å²) < 4.78 is 10.4. The number of nitrogens with one attached hydrogen (secondary N) is 1. The number of nitrogen functional groups attached to an aromatic ring is 2. The van der Waals surface area contributed by atoms with E-state index >= 15 is 0 Å². The van der Waals surface area contributed by atoms with Crippen LogP contribution in [-0.4, -0.2) is 41.1 Å². The van der Waals surface area contributed by atoms with Gasteiger partial charge in [-0.05, 0) is 25.5 Å². The molecule has 7 heteroatoms. The van der Waals surface area contributed by atoms with Crippen molar-refractivity contribution in [3.05, 3.63) is 36.5 Å². The van der Waals surface area contributed by atoms with E-state index in [4.69, 9.17) is 20.9 Å². The van der Waals surface area contributed by atoms with E-state index in [9.17, 15) is 0 Å². The number of nitrogens with zero attached hydrogens (tertiary/aromatic N) is 2. The molecule has 1 saturated heterocycles. The average Bonchev–Trinajstić information content (AvgIpc) is 3.29. The third-order valence-corrected chi connectivity index (χ3v) is 3.96. The molecule has 1 fully saturated rings. The Labute approximate surface area is 146 Å². The van der Waals surface area contributed by atoms with Crippen LogP contribution in [0, 0.1) is 0 Å². The highest BCUT2D eigenvalue weighted by Gasteiger charge is 2.14. The molecule has 0 aliphatic carbocycles. The van der Waals surface area contributed by atoms with Crippen molar-refractivity contribution in [2.24, 2.45) is 0 Å². The molecule has 0 amide bonds. The van der Waals surface area contributed by atoms with Gasteiger partial charge in [0.1, 0.15) is 5.82 Å². The van der Waals surface area contributed by atoms with Gasteiger partial charge in [0.25, 0.3) is 0 Å². The molecule has 1 aliphatic rings. The van der Waals surface area contributed by atoms with Crippen LogP contribution in [0.3, 0.4) is 0 Å². The first kappa shape index (κ1) is 17.2. The average molecular weight is 341 g/mol. The number of aromatic amines is 1. The minimum atomic E-state index is 0.389. The zero-order chi connectivity index (χ0) is 17.6. The van der Waals surface area contributed by atoms with Crippen molar-refractivity contribution in [1.82, 2.24) is 15.2 Å². The van der Waals surface area contributed by atoms with Gasteiger partial charge in [0.2, 0.25) is 0 Å². The van der Waals surface area contributed by atoms with E-state index in [0.717, 1.165) is 48.4 Å². The smallest absolute Gasteiger partial charge is 0.126 e. The Morgan fingerprint density at radius 2 is 2.16 bits per heavy atom. The van der Waals surface area contributed by atoms with Crippen LogP contribution in [-0.2, 0) is 9.47 Å². The lowest BCUT2D eigenvalue weighted by molar-refractivity contribution is 0.0509. The zero-order valence-electron chi connectivity index (χ0n) is 14.2. The number of rotatable bonds is 3. The molecular weight excluding hydrogens is 318 g/mol. The fourth-order valence-corrected chi connectivity index (χ4v) is 2.74.